The van der Waals surface area contributed by atoms with Crippen molar-refractivity contribution in [1.29, 1.82) is 0 Å². The van der Waals surface area contributed by atoms with Gasteiger partial charge in [0.2, 0.25) is 0 Å². The van der Waals surface area contributed by atoms with Crippen LogP contribution < -0.4 is 20.6 Å². The predicted octanol–water partition coefficient (Wildman–Crippen LogP) is 13.3. The molecule has 10 rings (SSSR count). The van der Waals surface area contributed by atoms with E-state index in [9.17, 15) is 0 Å². The minimum atomic E-state index is -0.0874. The van der Waals surface area contributed by atoms with Crippen LogP contribution in [-0.4, -0.2) is 6.85 Å². The zero-order chi connectivity index (χ0) is 38.9. The van der Waals surface area contributed by atoms with Gasteiger partial charge in [-0.2, -0.15) is 0 Å². The molecule has 0 spiro atoms. The normalized spacial score (nSPS) is 14.1. The first-order valence-electron chi connectivity index (χ1n) is 20.1. The number of rotatable bonds is 2. The highest BCUT2D eigenvalue weighted by Gasteiger charge is 2.46. The highest BCUT2D eigenvalue weighted by Crippen LogP contribution is 2.51. The van der Waals surface area contributed by atoms with Crippen molar-refractivity contribution >= 4 is 78.9 Å². The first-order valence-corrected chi connectivity index (χ1v) is 20.1. The van der Waals surface area contributed by atoms with Crippen LogP contribution in [0.2, 0.25) is 0 Å². The van der Waals surface area contributed by atoms with Crippen LogP contribution >= 0.6 is 0 Å². The SMILES string of the molecule is CC(C)(C)c1ccc(N2B3c4cc(C(C)(C)C)ccc4N(c4ccc(C(C)(C)C)cc4)c4cc5ccccc5c(c43)-c3cc4oc5ccccc5c4cc32)cc1. The van der Waals surface area contributed by atoms with Gasteiger partial charge in [-0.25, -0.2) is 0 Å². The second-order valence-corrected chi connectivity index (χ2v) is 19.1. The van der Waals surface area contributed by atoms with Crippen LogP contribution in [-0.2, 0) is 16.2 Å². The molecule has 0 bridgehead atoms. The Bertz CT molecular complexity index is 2860. The molecule has 0 saturated carbocycles. The van der Waals surface area contributed by atoms with E-state index in [0.29, 0.717) is 0 Å². The van der Waals surface area contributed by atoms with E-state index in [1.54, 1.807) is 0 Å². The molecule has 4 heteroatoms. The van der Waals surface area contributed by atoms with Gasteiger partial charge < -0.3 is 14.1 Å². The molecule has 0 aliphatic carbocycles. The summed E-state index contributed by atoms with van der Waals surface area (Å²) in [7, 11) is 0. The molecule has 0 amide bonds. The topological polar surface area (TPSA) is 19.6 Å². The van der Waals surface area contributed by atoms with Crippen molar-refractivity contribution in [3.8, 4) is 11.1 Å². The molecule has 56 heavy (non-hydrogen) atoms. The second kappa shape index (κ2) is 11.9. The summed E-state index contributed by atoms with van der Waals surface area (Å²) in [6.45, 7) is 20.6. The molecule has 276 valence electrons. The molecule has 0 radical (unpaired) electrons. The van der Waals surface area contributed by atoms with Gasteiger partial charge in [-0.1, -0.05) is 141 Å². The number of furan rings is 1. The van der Waals surface area contributed by atoms with Gasteiger partial charge in [0.1, 0.15) is 11.2 Å². The first kappa shape index (κ1) is 34.7. The fourth-order valence-corrected chi connectivity index (χ4v) is 9.20. The van der Waals surface area contributed by atoms with Gasteiger partial charge >= 0.3 is 6.85 Å². The minimum Gasteiger partial charge on any atom is -0.456 e. The van der Waals surface area contributed by atoms with E-state index < -0.39 is 0 Å². The average molecular weight is 729 g/mol. The molecule has 0 saturated heterocycles. The van der Waals surface area contributed by atoms with Gasteiger partial charge in [0.25, 0.3) is 0 Å². The summed E-state index contributed by atoms with van der Waals surface area (Å²) in [6.07, 6.45) is 0. The molecular formula is C52H49BN2O. The smallest absolute Gasteiger partial charge is 0.333 e. The molecule has 0 unspecified atom stereocenters. The maximum absolute atomic E-state index is 6.65. The maximum atomic E-state index is 6.65. The Morgan fingerprint density at radius 1 is 0.464 bits per heavy atom. The van der Waals surface area contributed by atoms with Crippen LogP contribution in [0.1, 0.15) is 79.0 Å². The lowest BCUT2D eigenvalue weighted by Crippen LogP contribution is -2.61. The van der Waals surface area contributed by atoms with Crippen LogP contribution in [0.15, 0.2) is 138 Å². The van der Waals surface area contributed by atoms with Crippen LogP contribution in [0.3, 0.4) is 0 Å². The minimum absolute atomic E-state index is 0.0334. The Kier molecular flexibility index (Phi) is 7.37. The third-order valence-electron chi connectivity index (χ3n) is 12.3. The van der Waals surface area contributed by atoms with Crippen molar-refractivity contribution in [2.45, 2.75) is 78.6 Å². The summed E-state index contributed by atoms with van der Waals surface area (Å²) in [4.78, 5) is 5.16. The number of anilines is 5. The van der Waals surface area contributed by atoms with E-state index in [0.717, 1.165) is 21.9 Å². The van der Waals surface area contributed by atoms with E-state index in [2.05, 4.69) is 205 Å². The number of para-hydroxylation sites is 1. The summed E-state index contributed by atoms with van der Waals surface area (Å²) in [5, 5.41) is 4.76. The standard InChI is InChI=1S/C52H49BN2O/c1-50(2,3)33-18-23-36(24-19-33)54-43-27-22-35(52(7,8)9)29-42(43)53-49-45(54)28-32-14-10-11-15-38(32)48(49)41-31-47-40(39-16-12-13-17-46(39)56-47)30-44(41)55(53)37-25-20-34(21-26-37)51(4,5)6/h10-31H,1-9H3. The average Bonchev–Trinajstić information content (AvgIpc) is 3.53. The molecule has 7 aromatic carbocycles. The van der Waals surface area contributed by atoms with Gasteiger partial charge in [0.15, 0.2) is 0 Å². The maximum Gasteiger partial charge on any atom is 0.333 e. The summed E-state index contributed by atoms with van der Waals surface area (Å²) < 4.78 is 6.65. The fourth-order valence-electron chi connectivity index (χ4n) is 9.20. The lowest BCUT2D eigenvalue weighted by molar-refractivity contribution is 0.590. The number of nitrogens with zero attached hydrogens (tertiary/aromatic N) is 2. The number of hydrogen-bond donors (Lipinski definition) is 0. The second-order valence-electron chi connectivity index (χ2n) is 19.1. The third kappa shape index (κ3) is 5.25. The highest BCUT2D eigenvalue weighted by atomic mass is 16.3. The molecule has 2 aliphatic heterocycles. The zero-order valence-electron chi connectivity index (χ0n) is 34.1. The molecule has 0 atom stereocenters. The molecule has 0 N–H and O–H groups in total. The van der Waals surface area contributed by atoms with E-state index in [1.807, 2.05) is 0 Å². The Labute approximate surface area is 331 Å². The summed E-state index contributed by atoms with van der Waals surface area (Å²) in [5.74, 6) is 0. The number of hydrogen-bond acceptors (Lipinski definition) is 3. The highest BCUT2D eigenvalue weighted by molar-refractivity contribution is 6.94. The van der Waals surface area contributed by atoms with Crippen molar-refractivity contribution in [3.05, 3.63) is 150 Å². The summed E-state index contributed by atoms with van der Waals surface area (Å²) in [6, 6.07) is 50.4. The molecule has 0 fully saturated rings. The number of benzene rings is 7. The van der Waals surface area contributed by atoms with Crippen LogP contribution in [0.4, 0.5) is 28.4 Å². The predicted molar refractivity (Wildman–Crippen MR) is 241 cm³/mol. The summed E-state index contributed by atoms with van der Waals surface area (Å²) in [5.41, 5.74) is 17.0. The van der Waals surface area contributed by atoms with Crippen molar-refractivity contribution in [3.63, 3.8) is 0 Å². The molecular weight excluding hydrogens is 679 g/mol. The van der Waals surface area contributed by atoms with Gasteiger partial charge in [-0.05, 0) is 115 Å². The van der Waals surface area contributed by atoms with Gasteiger partial charge in [-0.15, -0.1) is 0 Å². The van der Waals surface area contributed by atoms with E-state index in [4.69, 9.17) is 4.42 Å². The van der Waals surface area contributed by atoms with Gasteiger partial charge in [0, 0.05) is 44.8 Å². The first-order chi connectivity index (χ1) is 26.7. The quantitative estimate of drug-likeness (QED) is 0.165. The van der Waals surface area contributed by atoms with Crippen LogP contribution in [0.25, 0.3) is 43.8 Å². The van der Waals surface area contributed by atoms with Crippen LogP contribution in [0.5, 0.6) is 0 Å². The Balaban J connectivity index is 1.36. The largest absolute Gasteiger partial charge is 0.456 e. The third-order valence-corrected chi connectivity index (χ3v) is 12.3. The van der Waals surface area contributed by atoms with Crippen molar-refractivity contribution in [2.75, 3.05) is 9.71 Å². The van der Waals surface area contributed by atoms with E-state index >= 15 is 0 Å². The van der Waals surface area contributed by atoms with Crippen molar-refractivity contribution in [2.24, 2.45) is 0 Å². The van der Waals surface area contributed by atoms with Crippen molar-refractivity contribution < 1.29 is 4.42 Å². The summed E-state index contributed by atoms with van der Waals surface area (Å²) >= 11 is 0. The molecule has 3 heterocycles. The lowest BCUT2D eigenvalue weighted by Gasteiger charge is -2.46. The Morgan fingerprint density at radius 2 is 1.05 bits per heavy atom. The molecule has 2 aliphatic rings. The Morgan fingerprint density at radius 3 is 1.71 bits per heavy atom. The monoisotopic (exact) mass is 728 g/mol. The van der Waals surface area contributed by atoms with Gasteiger partial charge in [0.05, 0.1) is 0 Å². The molecule has 3 nitrogen and oxygen atoms in total. The van der Waals surface area contributed by atoms with Gasteiger partial charge in [-0.3, -0.25) is 0 Å². The lowest BCUT2D eigenvalue weighted by atomic mass is 9.43. The van der Waals surface area contributed by atoms with Crippen molar-refractivity contribution in [1.82, 2.24) is 0 Å². The Hall–Kier alpha value is -5.74. The van der Waals surface area contributed by atoms with Crippen LogP contribution in [0, 0.1) is 0 Å². The molecule has 8 aromatic rings. The fraction of sp³-hybridized carbons (Fsp3) is 0.231. The zero-order valence-corrected chi connectivity index (χ0v) is 34.1. The number of fused-ring (bicyclic) bond motifs is 9. The van der Waals surface area contributed by atoms with E-state index in [1.165, 1.54) is 78.0 Å². The molecule has 1 aromatic heterocycles. The van der Waals surface area contributed by atoms with E-state index in [-0.39, 0.29) is 23.1 Å².